The Hall–Kier alpha value is -6.20. The largest absolute Gasteiger partial charge is 0.309 e. The molecule has 0 aliphatic carbocycles. The molecule has 0 radical (unpaired) electrons. The molecule has 8 aromatic carbocycles. The molecule has 0 N–H and O–H groups in total. The van der Waals surface area contributed by atoms with E-state index in [1.165, 1.54) is 84.7 Å². The van der Waals surface area contributed by atoms with E-state index in [1.54, 1.807) is 0 Å². The van der Waals surface area contributed by atoms with Gasteiger partial charge in [-0.25, -0.2) is 0 Å². The lowest BCUT2D eigenvalue weighted by Gasteiger charge is -2.29. The van der Waals surface area contributed by atoms with E-state index in [0.29, 0.717) is 0 Å². The number of hydrogen-bond acceptors (Lipinski definition) is 3. The van der Waals surface area contributed by atoms with Gasteiger partial charge in [-0.2, -0.15) is 0 Å². The molecule has 52 heavy (non-hydrogen) atoms. The summed E-state index contributed by atoms with van der Waals surface area (Å²) in [6, 6.07) is 66.7. The Morgan fingerprint density at radius 2 is 0.981 bits per heavy atom. The van der Waals surface area contributed by atoms with Gasteiger partial charge in [-0.3, -0.25) is 0 Å². The topological polar surface area (TPSA) is 8.17 Å². The normalized spacial score (nSPS) is 11.8. The molecule has 244 valence electrons. The van der Waals surface area contributed by atoms with E-state index in [2.05, 4.69) is 191 Å². The van der Waals surface area contributed by atoms with Crippen molar-refractivity contribution in [1.82, 2.24) is 4.57 Å². The highest BCUT2D eigenvalue weighted by Gasteiger charge is 2.25. The number of hydrogen-bond donors (Lipinski definition) is 0. The predicted molar refractivity (Wildman–Crippen MR) is 227 cm³/mol. The smallest absolute Gasteiger partial charge is 0.0640 e. The molecule has 0 fully saturated rings. The summed E-state index contributed by atoms with van der Waals surface area (Å²) in [5.41, 5.74) is 9.41. The zero-order valence-corrected chi connectivity index (χ0v) is 29.7. The van der Waals surface area contributed by atoms with Crippen molar-refractivity contribution in [2.75, 3.05) is 4.90 Å². The summed E-state index contributed by atoms with van der Waals surface area (Å²) in [6.45, 7) is 0. The SMILES string of the molecule is c1ccc(-c2ccccc2N(c2cccc3c2sc2ccccc23)c2cccc3c2c2ccccc2n3-c2ccc3sc4ccccc4c3c2)cc1. The zero-order chi connectivity index (χ0) is 34.2. The Morgan fingerprint density at radius 1 is 0.385 bits per heavy atom. The summed E-state index contributed by atoms with van der Waals surface area (Å²) >= 11 is 3.74. The van der Waals surface area contributed by atoms with Crippen molar-refractivity contribution < 1.29 is 0 Å². The Labute approximate surface area is 308 Å². The van der Waals surface area contributed by atoms with E-state index < -0.39 is 0 Å². The molecule has 0 amide bonds. The minimum atomic E-state index is 1.15. The highest BCUT2D eigenvalue weighted by Crippen LogP contribution is 2.50. The van der Waals surface area contributed by atoms with Crippen LogP contribution in [0.5, 0.6) is 0 Å². The minimum absolute atomic E-state index is 1.15. The molecule has 2 nitrogen and oxygen atoms in total. The van der Waals surface area contributed by atoms with E-state index in [0.717, 1.165) is 11.4 Å². The fraction of sp³-hybridized carbons (Fsp3) is 0. The lowest BCUT2D eigenvalue weighted by Crippen LogP contribution is -2.12. The van der Waals surface area contributed by atoms with Gasteiger partial charge in [-0.15, -0.1) is 22.7 Å². The maximum atomic E-state index is 2.52. The average Bonchev–Trinajstić information content (AvgIpc) is 3.89. The van der Waals surface area contributed by atoms with Crippen LogP contribution in [0.15, 0.2) is 182 Å². The number of thiophene rings is 2. The molecule has 4 heteroatoms. The molecular formula is C48H30N2S2. The van der Waals surface area contributed by atoms with E-state index >= 15 is 0 Å². The maximum absolute atomic E-state index is 2.52. The summed E-state index contributed by atoms with van der Waals surface area (Å²) in [6.07, 6.45) is 0. The molecule has 11 rings (SSSR count). The van der Waals surface area contributed by atoms with Crippen LogP contribution >= 0.6 is 22.7 Å². The summed E-state index contributed by atoms with van der Waals surface area (Å²) in [4.78, 5) is 2.52. The number of rotatable bonds is 5. The standard InChI is InChI=1S/C48H30N2S2/c1-2-14-31(15-3-1)33-16-4-8-21-39(33)50(43-25-12-20-36-34-17-6-11-27-45(34)52-48(36)43)42-24-13-23-41-47(42)37-19-5-9-22-40(37)49(41)32-28-29-46-38(30-32)35-18-7-10-26-44(35)51-46/h1-30H. The monoisotopic (exact) mass is 698 g/mol. The van der Waals surface area contributed by atoms with E-state index in [9.17, 15) is 0 Å². The molecule has 0 saturated heterocycles. The molecule has 0 saturated carbocycles. The van der Waals surface area contributed by atoms with Crippen molar-refractivity contribution >= 4 is 102 Å². The van der Waals surface area contributed by atoms with Gasteiger partial charge in [0.05, 0.1) is 32.8 Å². The van der Waals surface area contributed by atoms with Gasteiger partial charge in [-0.1, -0.05) is 121 Å². The van der Waals surface area contributed by atoms with Gasteiger partial charge in [0.15, 0.2) is 0 Å². The van der Waals surface area contributed by atoms with Gasteiger partial charge in [0.1, 0.15) is 0 Å². The number of aromatic nitrogens is 1. The van der Waals surface area contributed by atoms with Gasteiger partial charge >= 0.3 is 0 Å². The van der Waals surface area contributed by atoms with Crippen molar-refractivity contribution in [2.24, 2.45) is 0 Å². The number of fused-ring (bicyclic) bond motifs is 9. The number of benzene rings is 8. The van der Waals surface area contributed by atoms with Crippen molar-refractivity contribution in [3.63, 3.8) is 0 Å². The van der Waals surface area contributed by atoms with Gasteiger partial charge in [-0.05, 0) is 66.2 Å². The molecule has 0 unspecified atom stereocenters. The third-order valence-corrected chi connectivity index (χ3v) is 12.8. The predicted octanol–water partition coefficient (Wildman–Crippen LogP) is 14.7. The molecule has 0 aliphatic rings. The Kier molecular flexibility index (Phi) is 6.63. The van der Waals surface area contributed by atoms with Gasteiger partial charge < -0.3 is 9.47 Å². The second-order valence-electron chi connectivity index (χ2n) is 13.3. The maximum Gasteiger partial charge on any atom is 0.0640 e. The van der Waals surface area contributed by atoms with Crippen LogP contribution in [0.3, 0.4) is 0 Å². The van der Waals surface area contributed by atoms with Crippen LogP contribution in [0.4, 0.5) is 17.1 Å². The molecule has 0 bridgehead atoms. The lowest BCUT2D eigenvalue weighted by molar-refractivity contribution is 1.19. The Bertz CT molecular complexity index is 3150. The fourth-order valence-corrected chi connectivity index (χ4v) is 10.4. The van der Waals surface area contributed by atoms with E-state index in [-0.39, 0.29) is 0 Å². The zero-order valence-electron chi connectivity index (χ0n) is 28.0. The third-order valence-electron chi connectivity index (χ3n) is 10.4. The summed E-state index contributed by atoms with van der Waals surface area (Å²) < 4.78 is 7.67. The number of anilines is 3. The van der Waals surface area contributed by atoms with Crippen LogP contribution in [-0.2, 0) is 0 Å². The van der Waals surface area contributed by atoms with E-state index in [1.807, 2.05) is 22.7 Å². The fourth-order valence-electron chi connectivity index (χ4n) is 8.15. The van der Waals surface area contributed by atoms with Crippen molar-refractivity contribution in [1.29, 1.82) is 0 Å². The van der Waals surface area contributed by atoms with Crippen LogP contribution in [0.2, 0.25) is 0 Å². The molecular weight excluding hydrogens is 669 g/mol. The first-order valence-corrected chi connectivity index (χ1v) is 19.2. The second kappa shape index (κ2) is 11.7. The highest BCUT2D eigenvalue weighted by atomic mass is 32.1. The molecule has 11 aromatic rings. The number of para-hydroxylation sites is 2. The van der Waals surface area contributed by atoms with Gasteiger partial charge in [0, 0.05) is 57.7 Å². The third kappa shape index (κ3) is 4.42. The number of nitrogens with zero attached hydrogens (tertiary/aromatic N) is 2. The molecule has 3 heterocycles. The first-order valence-electron chi connectivity index (χ1n) is 17.6. The van der Waals surface area contributed by atoms with Crippen LogP contribution in [0, 0.1) is 0 Å². The molecule has 0 atom stereocenters. The van der Waals surface area contributed by atoms with Crippen LogP contribution in [0.1, 0.15) is 0 Å². The van der Waals surface area contributed by atoms with Crippen molar-refractivity contribution in [3.05, 3.63) is 182 Å². The summed E-state index contributed by atoms with van der Waals surface area (Å²) in [7, 11) is 0. The Balaban J connectivity index is 1.24. The summed E-state index contributed by atoms with van der Waals surface area (Å²) in [5.74, 6) is 0. The first-order chi connectivity index (χ1) is 25.8. The summed E-state index contributed by atoms with van der Waals surface area (Å²) in [5, 5.41) is 7.65. The van der Waals surface area contributed by atoms with Gasteiger partial charge in [0.25, 0.3) is 0 Å². The first kappa shape index (κ1) is 29.5. The average molecular weight is 699 g/mol. The Morgan fingerprint density at radius 3 is 1.85 bits per heavy atom. The van der Waals surface area contributed by atoms with Crippen LogP contribution in [0.25, 0.3) is 79.0 Å². The van der Waals surface area contributed by atoms with Gasteiger partial charge in [0.2, 0.25) is 0 Å². The van der Waals surface area contributed by atoms with E-state index in [4.69, 9.17) is 0 Å². The van der Waals surface area contributed by atoms with Crippen molar-refractivity contribution in [3.8, 4) is 16.8 Å². The van der Waals surface area contributed by atoms with Crippen LogP contribution < -0.4 is 4.90 Å². The second-order valence-corrected chi connectivity index (χ2v) is 15.4. The minimum Gasteiger partial charge on any atom is -0.309 e. The van der Waals surface area contributed by atoms with Crippen molar-refractivity contribution in [2.45, 2.75) is 0 Å². The highest BCUT2D eigenvalue weighted by molar-refractivity contribution is 7.26. The van der Waals surface area contributed by atoms with Crippen LogP contribution in [-0.4, -0.2) is 4.57 Å². The molecule has 3 aromatic heterocycles. The molecule has 0 aliphatic heterocycles. The molecule has 0 spiro atoms. The lowest BCUT2D eigenvalue weighted by atomic mass is 10.0. The quantitative estimate of drug-likeness (QED) is 0.174.